The van der Waals surface area contributed by atoms with Gasteiger partial charge in [-0.05, 0) is 55.9 Å². The molecule has 7 nitrogen and oxygen atoms in total. The molecule has 1 aliphatic carbocycles. The van der Waals surface area contributed by atoms with E-state index in [1.54, 1.807) is 6.20 Å². The van der Waals surface area contributed by atoms with Crippen LogP contribution in [0.4, 0.5) is 22.9 Å². The minimum atomic E-state index is 0.0283. The number of rotatable bonds is 5. The Bertz CT molecular complexity index is 976. The maximum Gasteiger partial charge on any atom is 0.230 e. The molecule has 33 heavy (non-hydrogen) atoms. The van der Waals surface area contributed by atoms with Crippen molar-refractivity contribution in [2.24, 2.45) is 11.8 Å². The Labute approximate surface area is 195 Å². The molecule has 0 bridgehead atoms. The minimum Gasteiger partial charge on any atom is -0.396 e. The summed E-state index contributed by atoms with van der Waals surface area (Å²) in [5.74, 6) is 1.58. The van der Waals surface area contributed by atoms with Crippen LogP contribution in [0.2, 0.25) is 0 Å². The maximum absolute atomic E-state index is 14.0. The van der Waals surface area contributed by atoms with Crippen molar-refractivity contribution in [3.8, 4) is 0 Å². The third-order valence-corrected chi connectivity index (χ3v) is 7.29. The van der Waals surface area contributed by atoms with Gasteiger partial charge in [0.1, 0.15) is 5.82 Å². The second-order valence-electron chi connectivity index (χ2n) is 9.46. The number of benzene rings is 1. The number of amides is 1. The fourth-order valence-corrected chi connectivity index (χ4v) is 5.50. The zero-order valence-electron chi connectivity index (χ0n) is 19.2. The van der Waals surface area contributed by atoms with Gasteiger partial charge < -0.3 is 25.0 Å². The van der Waals surface area contributed by atoms with Crippen LogP contribution in [0.5, 0.6) is 0 Å². The first-order valence-corrected chi connectivity index (χ1v) is 12.3. The lowest BCUT2D eigenvalue weighted by Crippen LogP contribution is -2.38. The van der Waals surface area contributed by atoms with E-state index in [0.29, 0.717) is 12.5 Å². The molecule has 1 aromatic heterocycles. The lowest BCUT2D eigenvalue weighted by molar-refractivity contribution is -0.124. The van der Waals surface area contributed by atoms with E-state index < -0.39 is 0 Å². The second-order valence-corrected chi connectivity index (χ2v) is 9.46. The number of hydrogen-bond acceptors (Lipinski definition) is 6. The van der Waals surface area contributed by atoms with Crippen molar-refractivity contribution < 1.29 is 14.6 Å². The van der Waals surface area contributed by atoms with Gasteiger partial charge in [0, 0.05) is 43.1 Å². The number of fused-ring (bicyclic) bond motifs is 2. The van der Waals surface area contributed by atoms with E-state index in [9.17, 15) is 9.90 Å². The smallest absolute Gasteiger partial charge is 0.230 e. The summed E-state index contributed by atoms with van der Waals surface area (Å²) in [5, 5.41) is 12.7. The average Bonchev–Trinajstić information content (AvgIpc) is 3.04. The molecule has 1 aromatic carbocycles. The van der Waals surface area contributed by atoms with Crippen LogP contribution in [-0.2, 0) is 16.1 Å². The predicted octanol–water partition coefficient (Wildman–Crippen LogP) is 4.09. The first kappa shape index (κ1) is 22.2. The zero-order chi connectivity index (χ0) is 22.6. The molecule has 0 radical (unpaired) electrons. The van der Waals surface area contributed by atoms with Crippen LogP contribution in [0, 0.1) is 11.8 Å². The number of nitrogens with one attached hydrogen (secondary N) is 1. The van der Waals surface area contributed by atoms with Crippen molar-refractivity contribution in [3.63, 3.8) is 0 Å². The molecule has 2 atom stereocenters. The lowest BCUT2D eigenvalue weighted by atomic mass is 9.78. The van der Waals surface area contributed by atoms with Crippen LogP contribution >= 0.6 is 0 Å². The van der Waals surface area contributed by atoms with Crippen LogP contribution < -0.4 is 15.1 Å². The fourth-order valence-electron chi connectivity index (χ4n) is 5.50. The van der Waals surface area contributed by atoms with Gasteiger partial charge >= 0.3 is 0 Å². The molecule has 5 rings (SSSR count). The highest BCUT2D eigenvalue weighted by atomic mass is 16.5. The minimum absolute atomic E-state index is 0.0283. The van der Waals surface area contributed by atoms with Crippen molar-refractivity contribution in [3.05, 3.63) is 42.1 Å². The average molecular weight is 451 g/mol. The molecule has 1 saturated carbocycles. The van der Waals surface area contributed by atoms with Crippen molar-refractivity contribution >= 4 is 28.8 Å². The van der Waals surface area contributed by atoms with Gasteiger partial charge in [0.15, 0.2) is 0 Å². The van der Waals surface area contributed by atoms with E-state index in [2.05, 4.69) is 39.5 Å². The number of carbonyl (C=O) groups excluding carboxylic acids is 1. The third kappa shape index (κ3) is 4.84. The SMILES string of the molecule is O=C([C@@H]1CCC[C@@H](CCCO)C1)N1Cc2cccnc2Nc2ccc(N3CCOCC3)cc21. The first-order chi connectivity index (χ1) is 16.2. The van der Waals surface area contributed by atoms with Crippen molar-refractivity contribution in [1.82, 2.24) is 4.98 Å². The van der Waals surface area contributed by atoms with Crippen molar-refractivity contribution in [2.45, 2.75) is 45.1 Å². The van der Waals surface area contributed by atoms with Gasteiger partial charge in [0.2, 0.25) is 5.91 Å². The molecule has 0 spiro atoms. The van der Waals surface area contributed by atoms with E-state index in [4.69, 9.17) is 4.74 Å². The highest BCUT2D eigenvalue weighted by Gasteiger charge is 2.33. The number of anilines is 4. The Morgan fingerprint density at radius 2 is 2.09 bits per heavy atom. The van der Waals surface area contributed by atoms with Gasteiger partial charge in [-0.25, -0.2) is 4.98 Å². The van der Waals surface area contributed by atoms with Crippen LogP contribution in [0.1, 0.15) is 44.1 Å². The van der Waals surface area contributed by atoms with Gasteiger partial charge in [-0.2, -0.15) is 0 Å². The summed E-state index contributed by atoms with van der Waals surface area (Å²) in [6, 6.07) is 10.3. The highest BCUT2D eigenvalue weighted by molar-refractivity contribution is 6.00. The van der Waals surface area contributed by atoms with Gasteiger partial charge in [-0.15, -0.1) is 0 Å². The topological polar surface area (TPSA) is 77.9 Å². The van der Waals surface area contributed by atoms with Crippen LogP contribution in [-0.4, -0.2) is 48.9 Å². The van der Waals surface area contributed by atoms with E-state index in [1.807, 2.05) is 11.0 Å². The molecule has 176 valence electrons. The van der Waals surface area contributed by atoms with Gasteiger partial charge in [0.25, 0.3) is 0 Å². The normalized spacial score (nSPS) is 22.7. The van der Waals surface area contributed by atoms with E-state index in [-0.39, 0.29) is 18.4 Å². The van der Waals surface area contributed by atoms with Crippen molar-refractivity contribution in [2.75, 3.05) is 48.0 Å². The largest absolute Gasteiger partial charge is 0.396 e. The van der Waals surface area contributed by atoms with E-state index in [0.717, 1.165) is 93.3 Å². The molecule has 2 N–H and O–H groups in total. The number of hydrogen-bond donors (Lipinski definition) is 2. The number of aliphatic hydroxyl groups excluding tert-OH is 1. The summed E-state index contributed by atoms with van der Waals surface area (Å²) < 4.78 is 5.53. The van der Waals surface area contributed by atoms with E-state index >= 15 is 0 Å². The molecule has 2 aromatic rings. The number of morpholine rings is 1. The quantitative estimate of drug-likeness (QED) is 0.715. The van der Waals surface area contributed by atoms with Crippen molar-refractivity contribution in [1.29, 1.82) is 0 Å². The monoisotopic (exact) mass is 450 g/mol. The summed E-state index contributed by atoms with van der Waals surface area (Å²) >= 11 is 0. The van der Waals surface area contributed by atoms with Crippen LogP contribution in [0.3, 0.4) is 0 Å². The number of ether oxygens (including phenoxy) is 1. The number of aliphatic hydroxyl groups is 1. The lowest BCUT2D eigenvalue weighted by Gasteiger charge is -2.34. The Hall–Kier alpha value is -2.64. The highest BCUT2D eigenvalue weighted by Crippen LogP contribution is 2.40. The molecule has 0 unspecified atom stereocenters. The maximum atomic E-state index is 14.0. The molecule has 3 aliphatic rings. The molecule has 3 heterocycles. The number of carbonyl (C=O) groups is 1. The molecular formula is C26H34N4O3. The van der Waals surface area contributed by atoms with Crippen LogP contribution in [0.25, 0.3) is 0 Å². The number of pyridine rings is 1. The summed E-state index contributed by atoms with van der Waals surface area (Å²) in [6.07, 6.45) is 7.72. The fraction of sp³-hybridized carbons (Fsp3) is 0.538. The Balaban J connectivity index is 1.46. The van der Waals surface area contributed by atoms with Gasteiger partial charge in [0.05, 0.1) is 31.1 Å². The Morgan fingerprint density at radius 1 is 1.21 bits per heavy atom. The van der Waals surface area contributed by atoms with Crippen LogP contribution in [0.15, 0.2) is 36.5 Å². The predicted molar refractivity (Wildman–Crippen MR) is 130 cm³/mol. The number of aromatic nitrogens is 1. The third-order valence-electron chi connectivity index (χ3n) is 7.29. The molecule has 2 aliphatic heterocycles. The molecule has 7 heteroatoms. The zero-order valence-corrected chi connectivity index (χ0v) is 19.2. The summed E-state index contributed by atoms with van der Waals surface area (Å²) in [5.41, 5.74) is 4.01. The Morgan fingerprint density at radius 3 is 2.94 bits per heavy atom. The summed E-state index contributed by atoms with van der Waals surface area (Å²) in [4.78, 5) is 22.8. The molecule has 1 saturated heterocycles. The standard InChI is InChI=1S/C26H34N4O3/c31-13-3-5-19-4-1-6-20(16-19)26(32)30-18-21-7-2-10-27-25(21)28-23-9-8-22(17-24(23)30)29-11-14-33-15-12-29/h2,7-10,17,19-20,31H,1,3-6,11-16,18H2,(H,27,28)/t19-,20+/m0/s1. The summed E-state index contributed by atoms with van der Waals surface area (Å²) in [6.45, 7) is 3.92. The number of nitrogens with zero attached hydrogens (tertiary/aromatic N) is 3. The molecular weight excluding hydrogens is 416 g/mol. The van der Waals surface area contributed by atoms with Gasteiger partial charge in [-0.3, -0.25) is 4.79 Å². The first-order valence-electron chi connectivity index (χ1n) is 12.3. The van der Waals surface area contributed by atoms with Gasteiger partial charge in [-0.1, -0.05) is 18.9 Å². The summed E-state index contributed by atoms with van der Waals surface area (Å²) in [7, 11) is 0. The second kappa shape index (κ2) is 10.1. The Kier molecular flexibility index (Phi) is 6.78. The van der Waals surface area contributed by atoms with E-state index in [1.165, 1.54) is 0 Å². The molecule has 1 amide bonds. The molecule has 2 fully saturated rings.